The van der Waals surface area contributed by atoms with Gasteiger partial charge in [-0.15, -0.1) is 0 Å². The Kier molecular flexibility index (Phi) is 7.34. The van der Waals surface area contributed by atoms with Crippen LogP contribution < -0.4 is 5.32 Å². The molecule has 0 radical (unpaired) electrons. The first kappa shape index (κ1) is 15.4. The van der Waals surface area contributed by atoms with Crippen LogP contribution in [0, 0.1) is 5.92 Å². The molecule has 4 heteroatoms. The summed E-state index contributed by atoms with van der Waals surface area (Å²) in [6.07, 6.45) is 2.10. The molecular formula is C12H25NO3. The van der Waals surface area contributed by atoms with Gasteiger partial charge >= 0.3 is 5.97 Å². The maximum atomic E-state index is 11.0. The molecule has 0 aliphatic rings. The van der Waals surface area contributed by atoms with Gasteiger partial charge in [0.2, 0.25) is 0 Å². The molecular weight excluding hydrogens is 206 g/mol. The van der Waals surface area contributed by atoms with E-state index in [-0.39, 0.29) is 6.61 Å². The Labute approximate surface area is 98.4 Å². The average molecular weight is 231 g/mol. The maximum absolute atomic E-state index is 11.0. The molecule has 0 saturated heterocycles. The Bertz CT molecular complexity index is 206. The highest BCUT2D eigenvalue weighted by Crippen LogP contribution is 2.07. The summed E-state index contributed by atoms with van der Waals surface area (Å²) in [4.78, 5) is 11.0. The number of rotatable bonds is 9. The van der Waals surface area contributed by atoms with Crippen LogP contribution in [0.5, 0.6) is 0 Å². The Morgan fingerprint density at radius 2 is 2.12 bits per heavy atom. The molecule has 96 valence electrons. The molecule has 16 heavy (non-hydrogen) atoms. The summed E-state index contributed by atoms with van der Waals surface area (Å²) in [6, 6.07) is 0. The van der Waals surface area contributed by atoms with Gasteiger partial charge in [-0.05, 0) is 32.2 Å². The lowest BCUT2D eigenvalue weighted by atomic mass is 10.0. The smallest absolute Gasteiger partial charge is 0.326 e. The molecule has 2 N–H and O–H groups in total. The zero-order chi connectivity index (χ0) is 12.6. The fraction of sp³-hybridized carbons (Fsp3) is 0.917. The van der Waals surface area contributed by atoms with Gasteiger partial charge in [0, 0.05) is 6.61 Å². The van der Waals surface area contributed by atoms with Crippen LogP contribution in [-0.2, 0) is 9.53 Å². The van der Waals surface area contributed by atoms with Crippen molar-refractivity contribution in [2.75, 3.05) is 19.8 Å². The van der Waals surface area contributed by atoms with E-state index in [0.29, 0.717) is 19.1 Å². The molecule has 0 aromatic carbocycles. The number of carboxylic acid groups (broad SMARTS) is 1. The number of hydrogen-bond acceptors (Lipinski definition) is 3. The summed E-state index contributed by atoms with van der Waals surface area (Å²) in [7, 11) is 0. The number of ether oxygens (including phenoxy) is 1. The van der Waals surface area contributed by atoms with Gasteiger partial charge in [0.05, 0.1) is 6.61 Å². The largest absolute Gasteiger partial charge is 0.480 e. The van der Waals surface area contributed by atoms with E-state index in [1.165, 1.54) is 0 Å². The summed E-state index contributed by atoms with van der Waals surface area (Å²) < 4.78 is 5.42. The summed E-state index contributed by atoms with van der Waals surface area (Å²) >= 11 is 0. The van der Waals surface area contributed by atoms with Gasteiger partial charge in [-0.25, -0.2) is 0 Å². The fourth-order valence-corrected chi connectivity index (χ4v) is 1.45. The number of carboxylic acids is 1. The Hall–Kier alpha value is -0.610. The highest BCUT2D eigenvalue weighted by molar-refractivity contribution is 5.78. The van der Waals surface area contributed by atoms with Crippen molar-refractivity contribution in [1.29, 1.82) is 0 Å². The molecule has 0 fully saturated rings. The Morgan fingerprint density at radius 3 is 2.56 bits per heavy atom. The first-order valence-electron chi connectivity index (χ1n) is 5.98. The van der Waals surface area contributed by atoms with Crippen molar-refractivity contribution in [3.05, 3.63) is 0 Å². The van der Waals surface area contributed by atoms with Crippen molar-refractivity contribution >= 4 is 5.97 Å². The predicted molar refractivity (Wildman–Crippen MR) is 64.6 cm³/mol. The molecule has 0 aliphatic carbocycles. The topological polar surface area (TPSA) is 58.6 Å². The van der Waals surface area contributed by atoms with Crippen LogP contribution in [0.1, 0.15) is 40.5 Å². The Morgan fingerprint density at radius 1 is 1.50 bits per heavy atom. The van der Waals surface area contributed by atoms with Crippen LogP contribution in [-0.4, -0.2) is 36.4 Å². The summed E-state index contributed by atoms with van der Waals surface area (Å²) in [5, 5.41) is 12.0. The second-order valence-corrected chi connectivity index (χ2v) is 4.76. The molecule has 0 aromatic heterocycles. The Balaban J connectivity index is 3.81. The summed E-state index contributed by atoms with van der Waals surface area (Å²) in [5.41, 5.74) is -0.966. The van der Waals surface area contributed by atoms with Gasteiger partial charge in [-0.2, -0.15) is 0 Å². The molecule has 0 spiro atoms. The molecule has 1 unspecified atom stereocenters. The van der Waals surface area contributed by atoms with E-state index in [2.05, 4.69) is 19.2 Å². The minimum absolute atomic E-state index is 0.217. The maximum Gasteiger partial charge on any atom is 0.326 e. The molecule has 0 aliphatic heterocycles. The first-order chi connectivity index (χ1) is 7.42. The van der Waals surface area contributed by atoms with Gasteiger partial charge in [0.15, 0.2) is 0 Å². The predicted octanol–water partition coefficient (Wildman–Crippen LogP) is 1.89. The second-order valence-electron chi connectivity index (χ2n) is 4.76. The van der Waals surface area contributed by atoms with Crippen LogP contribution in [0.4, 0.5) is 0 Å². The van der Waals surface area contributed by atoms with Crippen molar-refractivity contribution in [2.24, 2.45) is 5.92 Å². The van der Waals surface area contributed by atoms with E-state index in [0.717, 1.165) is 12.8 Å². The van der Waals surface area contributed by atoms with E-state index in [4.69, 9.17) is 9.84 Å². The van der Waals surface area contributed by atoms with E-state index >= 15 is 0 Å². The molecule has 0 amide bonds. The molecule has 0 saturated carbocycles. The summed E-state index contributed by atoms with van der Waals surface area (Å²) in [5.74, 6) is -0.193. The standard InChI is InChI=1S/C12H25NO3/c1-5-13-12(4,11(14)15)9-16-8-6-7-10(2)3/h10,13H,5-9H2,1-4H3,(H,14,15). The van der Waals surface area contributed by atoms with Crippen LogP contribution in [0.25, 0.3) is 0 Å². The van der Waals surface area contributed by atoms with Gasteiger partial charge in [0.1, 0.15) is 5.54 Å². The minimum Gasteiger partial charge on any atom is -0.480 e. The molecule has 0 heterocycles. The third-order valence-electron chi connectivity index (χ3n) is 2.50. The number of likely N-dealkylation sites (N-methyl/N-ethyl adjacent to an activating group) is 1. The van der Waals surface area contributed by atoms with Crippen molar-refractivity contribution in [1.82, 2.24) is 5.32 Å². The molecule has 0 aromatic rings. The van der Waals surface area contributed by atoms with Gasteiger partial charge in [-0.3, -0.25) is 4.79 Å². The van der Waals surface area contributed by atoms with Crippen LogP contribution >= 0.6 is 0 Å². The van der Waals surface area contributed by atoms with E-state index in [1.807, 2.05) is 6.92 Å². The molecule has 1 atom stereocenters. The first-order valence-corrected chi connectivity index (χ1v) is 5.98. The van der Waals surface area contributed by atoms with Gasteiger partial charge in [0.25, 0.3) is 0 Å². The lowest BCUT2D eigenvalue weighted by Gasteiger charge is -2.25. The second kappa shape index (κ2) is 7.63. The molecule has 0 rings (SSSR count). The number of hydrogen-bond donors (Lipinski definition) is 2. The van der Waals surface area contributed by atoms with E-state index < -0.39 is 11.5 Å². The van der Waals surface area contributed by atoms with Crippen molar-refractivity contribution in [3.63, 3.8) is 0 Å². The van der Waals surface area contributed by atoms with Gasteiger partial charge in [-0.1, -0.05) is 20.8 Å². The molecule has 4 nitrogen and oxygen atoms in total. The SMILES string of the molecule is CCNC(C)(COCCCC(C)C)C(=O)O. The normalized spacial score (nSPS) is 15.1. The van der Waals surface area contributed by atoms with Crippen LogP contribution in [0.15, 0.2) is 0 Å². The number of carbonyl (C=O) groups is 1. The van der Waals surface area contributed by atoms with E-state index in [1.54, 1.807) is 6.92 Å². The summed E-state index contributed by atoms with van der Waals surface area (Å²) in [6.45, 7) is 9.35. The lowest BCUT2D eigenvalue weighted by molar-refractivity contribution is -0.146. The minimum atomic E-state index is -0.966. The van der Waals surface area contributed by atoms with Crippen molar-refractivity contribution < 1.29 is 14.6 Å². The monoisotopic (exact) mass is 231 g/mol. The van der Waals surface area contributed by atoms with Gasteiger partial charge < -0.3 is 15.2 Å². The molecule has 0 bridgehead atoms. The van der Waals surface area contributed by atoms with Crippen molar-refractivity contribution in [2.45, 2.75) is 46.1 Å². The highest BCUT2D eigenvalue weighted by atomic mass is 16.5. The fourth-order valence-electron chi connectivity index (χ4n) is 1.45. The van der Waals surface area contributed by atoms with Crippen LogP contribution in [0.2, 0.25) is 0 Å². The van der Waals surface area contributed by atoms with Crippen LogP contribution in [0.3, 0.4) is 0 Å². The lowest BCUT2D eigenvalue weighted by Crippen LogP contribution is -2.53. The third kappa shape index (κ3) is 6.08. The van der Waals surface area contributed by atoms with Crippen molar-refractivity contribution in [3.8, 4) is 0 Å². The van der Waals surface area contributed by atoms with E-state index in [9.17, 15) is 4.79 Å². The highest BCUT2D eigenvalue weighted by Gasteiger charge is 2.32. The quantitative estimate of drug-likeness (QED) is 0.595. The average Bonchev–Trinajstić information content (AvgIpc) is 2.17. The third-order valence-corrected chi connectivity index (χ3v) is 2.50. The number of aliphatic carboxylic acids is 1. The zero-order valence-corrected chi connectivity index (χ0v) is 10.9. The zero-order valence-electron chi connectivity index (χ0n) is 10.9. The number of nitrogens with one attached hydrogen (secondary N) is 1.